The standard InChI is InChI=1S/C31H11BF6N6O/c33-20-6-14-17(9-23(20)36)30-42-31-19-11-25(38)24(37)10-18(19)29-41-28-16-8-22(35)21(34)7-15(16)27(40-28)39-12-26(14)43(30)32(44(29)31)45-13-4-2-1-3-5-13/h1-11H/b41-28-. The van der Waals surface area contributed by atoms with Gasteiger partial charge in [-0.05, 0) is 48.5 Å². The lowest BCUT2D eigenvalue weighted by molar-refractivity contribution is 0.508. The van der Waals surface area contributed by atoms with E-state index in [1.807, 2.05) is 0 Å². The number of rotatable bonds is 2. The van der Waals surface area contributed by atoms with Crippen LogP contribution in [0.15, 0.2) is 86.7 Å². The molecular weight excluding hydrogens is 597 g/mol. The molecule has 0 saturated heterocycles. The van der Waals surface area contributed by atoms with Crippen LogP contribution in [0.4, 0.5) is 38.0 Å². The molecule has 3 aliphatic rings. The van der Waals surface area contributed by atoms with Gasteiger partial charge in [-0.3, -0.25) is 4.48 Å². The van der Waals surface area contributed by atoms with Crippen molar-refractivity contribution in [3.05, 3.63) is 124 Å². The Balaban J connectivity index is 1.53. The van der Waals surface area contributed by atoms with Gasteiger partial charge in [-0.25, -0.2) is 41.3 Å². The van der Waals surface area contributed by atoms with Crippen LogP contribution in [0.1, 0.15) is 11.1 Å². The summed E-state index contributed by atoms with van der Waals surface area (Å²) in [6.07, 6.45) is 0. The Morgan fingerprint density at radius 1 is 0.578 bits per heavy atom. The van der Waals surface area contributed by atoms with Crippen molar-refractivity contribution in [3.63, 3.8) is 0 Å². The van der Waals surface area contributed by atoms with Gasteiger partial charge in [-0.15, -0.1) is 0 Å². The summed E-state index contributed by atoms with van der Waals surface area (Å²) in [5, 5.41) is 0.546. The molecule has 216 valence electrons. The van der Waals surface area contributed by atoms with Gasteiger partial charge in [0.15, 0.2) is 46.6 Å². The number of amidine groups is 2. The van der Waals surface area contributed by atoms with Crippen LogP contribution in [-0.2, 0) is 0 Å². The summed E-state index contributed by atoms with van der Waals surface area (Å²) in [6.45, 7) is 0. The number of hydrogen-bond donors (Lipinski definition) is 0. The minimum Gasteiger partial charge on any atom is -0.523 e. The molecule has 7 nitrogen and oxygen atoms in total. The lowest BCUT2D eigenvalue weighted by atomic mass is 9.98. The molecule has 0 spiro atoms. The van der Waals surface area contributed by atoms with E-state index in [0.29, 0.717) is 5.75 Å². The predicted octanol–water partition coefficient (Wildman–Crippen LogP) is 5.35. The Bertz CT molecular complexity index is 2590. The second kappa shape index (κ2) is 8.83. The molecule has 0 saturated carbocycles. The highest BCUT2D eigenvalue weighted by molar-refractivity contribution is 6.52. The number of para-hydroxylation sites is 1. The minimum absolute atomic E-state index is 0.0205. The molecule has 0 N–H and O–H groups in total. The van der Waals surface area contributed by atoms with E-state index in [2.05, 4.69) is 20.8 Å². The fourth-order valence-corrected chi connectivity index (χ4v) is 5.91. The number of hydrogen-bond acceptors (Lipinski definition) is 5. The highest BCUT2D eigenvalue weighted by Crippen LogP contribution is 2.42. The molecule has 45 heavy (non-hydrogen) atoms. The Labute approximate surface area is 247 Å². The van der Waals surface area contributed by atoms with Crippen molar-refractivity contribution in [1.29, 1.82) is 0 Å². The number of benzene rings is 4. The Morgan fingerprint density at radius 3 is 1.80 bits per heavy atom. The summed E-state index contributed by atoms with van der Waals surface area (Å²) in [4.78, 5) is 18.1. The van der Waals surface area contributed by atoms with Crippen LogP contribution in [0.5, 0.6) is 5.75 Å². The van der Waals surface area contributed by atoms with Gasteiger partial charge in [0.25, 0.3) is 0 Å². The van der Waals surface area contributed by atoms with E-state index in [1.165, 1.54) is 8.96 Å². The number of nitrogens with zero attached hydrogens (tertiary/aromatic N) is 6. The van der Waals surface area contributed by atoms with E-state index in [9.17, 15) is 26.3 Å². The molecule has 0 unspecified atom stereocenters. The lowest BCUT2D eigenvalue weighted by Crippen LogP contribution is -2.52. The van der Waals surface area contributed by atoms with E-state index in [1.54, 1.807) is 30.3 Å². The largest absolute Gasteiger partial charge is 0.632 e. The van der Waals surface area contributed by atoms with Crippen molar-refractivity contribution in [2.24, 2.45) is 20.0 Å². The summed E-state index contributed by atoms with van der Waals surface area (Å²) in [7, 11) is -1.27. The van der Waals surface area contributed by atoms with Crippen LogP contribution in [-0.4, -0.2) is 33.7 Å². The number of aromatic nitrogens is 2. The fraction of sp³-hybridized carbons (Fsp3) is 0. The average molecular weight is 608 g/mol. The van der Waals surface area contributed by atoms with Crippen molar-refractivity contribution in [1.82, 2.24) is 8.96 Å². The maximum absolute atomic E-state index is 14.8. The molecule has 9 rings (SSSR count). The maximum atomic E-state index is 14.8. The molecule has 14 heteroatoms. The molecular formula is C31H11BF6N6O. The number of halogens is 6. The third kappa shape index (κ3) is 3.51. The van der Waals surface area contributed by atoms with Crippen molar-refractivity contribution < 1.29 is 31.0 Å². The Kier molecular flexibility index (Phi) is 5.03. The van der Waals surface area contributed by atoms with E-state index < -0.39 is 42.1 Å². The van der Waals surface area contributed by atoms with Crippen molar-refractivity contribution >= 4 is 57.9 Å². The highest BCUT2D eigenvalue weighted by atomic mass is 19.2. The Hall–Kier alpha value is -5.88. The van der Waals surface area contributed by atoms with Gasteiger partial charge in [0.1, 0.15) is 28.2 Å². The van der Waals surface area contributed by atoms with Crippen LogP contribution < -0.4 is 15.5 Å². The van der Waals surface area contributed by atoms with Gasteiger partial charge in [0.05, 0.1) is 0 Å². The second-order valence-electron chi connectivity index (χ2n) is 10.5. The van der Waals surface area contributed by atoms with Gasteiger partial charge >= 0.3 is 7.19 Å². The summed E-state index contributed by atoms with van der Waals surface area (Å²) >= 11 is 0. The van der Waals surface area contributed by atoms with Crippen LogP contribution >= 0.6 is 0 Å². The van der Waals surface area contributed by atoms with E-state index in [0.717, 1.165) is 36.4 Å². The summed E-state index contributed by atoms with van der Waals surface area (Å²) in [5.41, 5.74) is 0.237. The van der Waals surface area contributed by atoms with Crippen molar-refractivity contribution in [2.45, 2.75) is 0 Å². The summed E-state index contributed by atoms with van der Waals surface area (Å²) < 4.78 is 97.2. The van der Waals surface area contributed by atoms with Gasteiger partial charge in [0.2, 0.25) is 0 Å². The monoisotopic (exact) mass is 608 g/mol. The van der Waals surface area contributed by atoms with Crippen LogP contribution in [0, 0.1) is 34.9 Å². The van der Waals surface area contributed by atoms with Gasteiger partial charge < -0.3 is 9.13 Å². The maximum Gasteiger partial charge on any atom is 0.632 e. The molecule has 0 fully saturated rings. The molecule has 0 aliphatic carbocycles. The first-order valence-corrected chi connectivity index (χ1v) is 13.4. The van der Waals surface area contributed by atoms with Gasteiger partial charge in [-0.1, -0.05) is 18.2 Å². The molecule has 6 aromatic rings. The minimum atomic E-state index is -1.27. The third-order valence-corrected chi connectivity index (χ3v) is 7.90. The second-order valence-corrected chi connectivity index (χ2v) is 10.5. The zero-order chi connectivity index (χ0) is 30.7. The molecule has 5 heterocycles. The zero-order valence-electron chi connectivity index (χ0n) is 22.3. The topological polar surface area (TPSA) is 68.5 Å². The molecule has 2 aromatic heterocycles. The van der Waals surface area contributed by atoms with Crippen LogP contribution in [0.3, 0.4) is 0 Å². The van der Waals surface area contributed by atoms with Gasteiger partial charge in [-0.2, -0.15) is 4.99 Å². The Morgan fingerprint density at radius 2 is 1.13 bits per heavy atom. The highest BCUT2D eigenvalue weighted by Gasteiger charge is 2.40. The quantitative estimate of drug-likeness (QED) is 0.193. The van der Waals surface area contributed by atoms with Crippen molar-refractivity contribution in [3.8, 4) is 5.75 Å². The molecule has 4 aromatic carbocycles. The molecule has 0 atom stereocenters. The average Bonchev–Trinajstić information content (AvgIpc) is 3.60. The molecule has 0 radical (unpaired) electrons. The SMILES string of the molecule is Fc1cc2c(cc1F)/C1=N/c3c4cc(F)c(F)cc4c4n3B(Oc3ccccc3)n3c(c5cc(F)c(F)cc5c3=N4)=C=NC2=N1. The van der Waals surface area contributed by atoms with E-state index in [-0.39, 0.29) is 66.8 Å². The first-order valence-electron chi connectivity index (χ1n) is 13.4. The number of fused-ring (bicyclic) bond motifs is 10. The first-order chi connectivity index (χ1) is 21.8. The molecule has 4 bridgehead atoms. The smallest absolute Gasteiger partial charge is 0.523 e. The number of aliphatic imine (C=N–C) groups is 3. The fourth-order valence-electron chi connectivity index (χ4n) is 5.91. The van der Waals surface area contributed by atoms with E-state index >= 15 is 0 Å². The van der Waals surface area contributed by atoms with Crippen LogP contribution in [0.25, 0.3) is 21.5 Å². The van der Waals surface area contributed by atoms with Gasteiger partial charge in [0, 0.05) is 38.5 Å². The summed E-state index contributed by atoms with van der Waals surface area (Å²) in [6, 6.07) is 14.1. The zero-order valence-corrected chi connectivity index (χ0v) is 22.3. The third-order valence-electron chi connectivity index (χ3n) is 7.90. The molecule has 3 aliphatic heterocycles. The van der Waals surface area contributed by atoms with Crippen LogP contribution in [0.2, 0.25) is 0 Å². The summed E-state index contributed by atoms with van der Waals surface area (Å²) in [5.74, 6) is -4.00. The normalized spacial score (nSPS) is 15.3. The lowest BCUT2D eigenvalue weighted by Gasteiger charge is -2.23. The first kappa shape index (κ1) is 25.6. The van der Waals surface area contributed by atoms with E-state index in [4.69, 9.17) is 9.65 Å². The molecule has 0 amide bonds. The van der Waals surface area contributed by atoms with Crippen molar-refractivity contribution in [2.75, 3.05) is 0 Å². The predicted molar refractivity (Wildman–Crippen MR) is 153 cm³/mol.